The highest BCUT2D eigenvalue weighted by Gasteiger charge is 2.01. The Kier molecular flexibility index (Phi) is 7.78. The summed E-state index contributed by atoms with van der Waals surface area (Å²) >= 11 is 5.58. The zero-order chi connectivity index (χ0) is 13.2. The van der Waals surface area contributed by atoms with E-state index in [1.54, 1.807) is 6.07 Å². The third-order valence-electron chi connectivity index (χ3n) is 2.65. The lowest BCUT2D eigenvalue weighted by Gasteiger charge is -2.08. The second kappa shape index (κ2) is 9.17. The van der Waals surface area contributed by atoms with Crippen LogP contribution in [0, 0.1) is 5.82 Å². The lowest BCUT2D eigenvalue weighted by atomic mass is 10.2. The number of halogens is 2. The SMILES string of the molecule is CCCCCCNCCOc1ccc(Cl)c(F)c1. The number of ether oxygens (including phenoxy) is 1. The van der Waals surface area contributed by atoms with Crippen molar-refractivity contribution in [3.05, 3.63) is 29.0 Å². The van der Waals surface area contributed by atoms with Gasteiger partial charge in [0.25, 0.3) is 0 Å². The standard InChI is InChI=1S/C14H21ClFNO/c1-2-3-4-5-8-17-9-10-18-12-6-7-13(15)14(16)11-12/h6-7,11,17H,2-5,8-10H2,1H3. The number of rotatable bonds is 9. The minimum atomic E-state index is -0.443. The van der Waals surface area contributed by atoms with Crippen molar-refractivity contribution in [1.29, 1.82) is 0 Å². The fourth-order valence-electron chi connectivity index (χ4n) is 1.61. The summed E-state index contributed by atoms with van der Waals surface area (Å²) < 4.78 is 18.5. The molecule has 0 atom stereocenters. The average Bonchev–Trinajstić information content (AvgIpc) is 2.37. The maximum Gasteiger partial charge on any atom is 0.145 e. The molecular weight excluding hydrogens is 253 g/mol. The van der Waals surface area contributed by atoms with Gasteiger partial charge >= 0.3 is 0 Å². The molecular formula is C14H21ClFNO. The van der Waals surface area contributed by atoms with Crippen molar-refractivity contribution in [3.63, 3.8) is 0 Å². The van der Waals surface area contributed by atoms with Crippen molar-refractivity contribution >= 4 is 11.6 Å². The second-order valence-corrected chi connectivity index (χ2v) is 4.64. The molecule has 0 aliphatic carbocycles. The molecule has 0 saturated heterocycles. The van der Waals surface area contributed by atoms with Gasteiger partial charge in [-0.3, -0.25) is 0 Å². The van der Waals surface area contributed by atoms with E-state index in [4.69, 9.17) is 16.3 Å². The molecule has 2 nitrogen and oxygen atoms in total. The van der Waals surface area contributed by atoms with E-state index in [1.165, 1.54) is 37.8 Å². The quantitative estimate of drug-likeness (QED) is 0.686. The fraction of sp³-hybridized carbons (Fsp3) is 0.571. The first-order valence-corrected chi connectivity index (χ1v) is 6.90. The molecule has 1 rings (SSSR count). The van der Waals surface area contributed by atoms with E-state index in [9.17, 15) is 4.39 Å². The first-order valence-electron chi connectivity index (χ1n) is 6.52. The van der Waals surface area contributed by atoms with Gasteiger partial charge in [0.2, 0.25) is 0 Å². The number of nitrogens with one attached hydrogen (secondary N) is 1. The minimum Gasteiger partial charge on any atom is -0.492 e. The highest BCUT2D eigenvalue weighted by Crippen LogP contribution is 2.20. The Bertz CT molecular complexity index is 347. The largest absolute Gasteiger partial charge is 0.492 e. The third-order valence-corrected chi connectivity index (χ3v) is 2.95. The lowest BCUT2D eigenvalue weighted by molar-refractivity contribution is 0.312. The molecule has 0 spiro atoms. The Labute approximate surface area is 113 Å². The summed E-state index contributed by atoms with van der Waals surface area (Å²) in [5.41, 5.74) is 0. The van der Waals surface area contributed by atoms with Crippen molar-refractivity contribution in [2.75, 3.05) is 19.7 Å². The van der Waals surface area contributed by atoms with E-state index in [0.717, 1.165) is 13.1 Å². The molecule has 1 aromatic carbocycles. The van der Waals surface area contributed by atoms with Gasteiger partial charge in [-0.05, 0) is 25.1 Å². The summed E-state index contributed by atoms with van der Waals surface area (Å²) in [5.74, 6) is 0.0753. The second-order valence-electron chi connectivity index (χ2n) is 4.24. The molecule has 0 saturated carbocycles. The monoisotopic (exact) mass is 273 g/mol. The van der Waals surface area contributed by atoms with Crippen molar-refractivity contribution < 1.29 is 9.13 Å². The maximum absolute atomic E-state index is 13.1. The van der Waals surface area contributed by atoms with Crippen LogP contribution in [0.3, 0.4) is 0 Å². The fourth-order valence-corrected chi connectivity index (χ4v) is 1.73. The van der Waals surface area contributed by atoms with Gasteiger partial charge in [-0.2, -0.15) is 0 Å². The van der Waals surface area contributed by atoms with Crippen molar-refractivity contribution in [1.82, 2.24) is 5.32 Å². The predicted molar refractivity (Wildman–Crippen MR) is 73.9 cm³/mol. The van der Waals surface area contributed by atoms with Crippen molar-refractivity contribution in [3.8, 4) is 5.75 Å². The first-order chi connectivity index (χ1) is 8.74. The molecule has 0 radical (unpaired) electrons. The summed E-state index contributed by atoms with van der Waals surface area (Å²) in [6.07, 6.45) is 5.02. The van der Waals surface area contributed by atoms with Crippen LogP contribution in [0.15, 0.2) is 18.2 Å². The molecule has 0 aromatic heterocycles. The van der Waals surface area contributed by atoms with Gasteiger partial charge in [0.05, 0.1) is 5.02 Å². The summed E-state index contributed by atoms with van der Waals surface area (Å²) in [5, 5.41) is 3.42. The van der Waals surface area contributed by atoms with Gasteiger partial charge in [0.15, 0.2) is 0 Å². The lowest BCUT2D eigenvalue weighted by Crippen LogP contribution is -2.22. The third kappa shape index (κ3) is 6.22. The molecule has 0 heterocycles. The molecule has 102 valence electrons. The smallest absolute Gasteiger partial charge is 0.145 e. The zero-order valence-electron chi connectivity index (χ0n) is 10.8. The Balaban J connectivity index is 2.05. The molecule has 1 aromatic rings. The van der Waals surface area contributed by atoms with Gasteiger partial charge in [-0.15, -0.1) is 0 Å². The molecule has 0 fully saturated rings. The van der Waals surface area contributed by atoms with Gasteiger partial charge in [0.1, 0.15) is 18.2 Å². The molecule has 0 bridgehead atoms. The van der Waals surface area contributed by atoms with Crippen LogP contribution in [-0.4, -0.2) is 19.7 Å². The predicted octanol–water partition coefficient (Wildman–Crippen LogP) is 4.03. The number of hydrogen-bond acceptors (Lipinski definition) is 2. The maximum atomic E-state index is 13.1. The van der Waals surface area contributed by atoms with Crippen molar-refractivity contribution in [2.45, 2.75) is 32.6 Å². The normalized spacial score (nSPS) is 10.6. The van der Waals surface area contributed by atoms with Crippen LogP contribution in [0.5, 0.6) is 5.75 Å². The van der Waals surface area contributed by atoms with E-state index in [2.05, 4.69) is 12.2 Å². The van der Waals surface area contributed by atoms with E-state index in [-0.39, 0.29) is 5.02 Å². The van der Waals surface area contributed by atoms with Gasteiger partial charge in [-0.25, -0.2) is 4.39 Å². The highest BCUT2D eigenvalue weighted by molar-refractivity contribution is 6.30. The molecule has 4 heteroatoms. The number of hydrogen-bond donors (Lipinski definition) is 1. The Morgan fingerprint density at radius 1 is 1.22 bits per heavy atom. The van der Waals surface area contributed by atoms with Crippen LogP contribution in [0.2, 0.25) is 5.02 Å². The molecule has 18 heavy (non-hydrogen) atoms. The van der Waals surface area contributed by atoms with Crippen LogP contribution >= 0.6 is 11.6 Å². The van der Waals surface area contributed by atoms with Crippen LogP contribution in [-0.2, 0) is 0 Å². The van der Waals surface area contributed by atoms with E-state index >= 15 is 0 Å². The summed E-state index contributed by atoms with van der Waals surface area (Å²) in [7, 11) is 0. The van der Waals surface area contributed by atoms with E-state index < -0.39 is 5.82 Å². The van der Waals surface area contributed by atoms with Gasteiger partial charge < -0.3 is 10.1 Å². The molecule has 0 unspecified atom stereocenters. The van der Waals surface area contributed by atoms with Crippen LogP contribution in [0.1, 0.15) is 32.6 Å². The van der Waals surface area contributed by atoms with E-state index in [1.807, 2.05) is 0 Å². The van der Waals surface area contributed by atoms with E-state index in [0.29, 0.717) is 12.4 Å². The highest BCUT2D eigenvalue weighted by atomic mass is 35.5. The average molecular weight is 274 g/mol. The molecule has 0 aliphatic heterocycles. The van der Waals surface area contributed by atoms with Crippen LogP contribution in [0.4, 0.5) is 4.39 Å². The van der Waals surface area contributed by atoms with Crippen molar-refractivity contribution in [2.24, 2.45) is 0 Å². The summed E-state index contributed by atoms with van der Waals surface area (Å²) in [6, 6.07) is 4.49. The Morgan fingerprint density at radius 2 is 2.06 bits per heavy atom. The zero-order valence-corrected chi connectivity index (χ0v) is 11.6. The Hall–Kier alpha value is -0.800. The molecule has 0 amide bonds. The van der Waals surface area contributed by atoms with Crippen LogP contribution < -0.4 is 10.1 Å². The number of benzene rings is 1. The van der Waals surface area contributed by atoms with Crippen LogP contribution in [0.25, 0.3) is 0 Å². The topological polar surface area (TPSA) is 21.3 Å². The first kappa shape index (κ1) is 15.3. The molecule has 1 N–H and O–H groups in total. The summed E-state index contributed by atoms with van der Waals surface area (Å²) in [4.78, 5) is 0. The number of unbranched alkanes of at least 4 members (excludes halogenated alkanes) is 3. The Morgan fingerprint density at radius 3 is 2.78 bits per heavy atom. The van der Waals surface area contributed by atoms with Gasteiger partial charge in [0, 0.05) is 12.6 Å². The molecule has 0 aliphatic rings. The minimum absolute atomic E-state index is 0.122. The van der Waals surface area contributed by atoms with Gasteiger partial charge in [-0.1, -0.05) is 37.8 Å². The summed E-state index contributed by atoms with van der Waals surface area (Å²) in [6.45, 7) is 4.52.